The third-order valence-corrected chi connectivity index (χ3v) is 7.55. The molecule has 0 fully saturated rings. The van der Waals surface area contributed by atoms with E-state index in [-0.39, 0.29) is 6.61 Å². The number of rotatable bonds is 11. The van der Waals surface area contributed by atoms with Crippen LogP contribution in [0.3, 0.4) is 0 Å². The Balaban J connectivity index is 1.63. The van der Waals surface area contributed by atoms with Crippen LogP contribution in [-0.2, 0) is 0 Å². The first-order valence-electron chi connectivity index (χ1n) is 11.3. The number of aliphatic hydroxyl groups is 1. The first-order chi connectivity index (χ1) is 17.6. The van der Waals surface area contributed by atoms with Gasteiger partial charge in [-0.1, -0.05) is 12.1 Å². The summed E-state index contributed by atoms with van der Waals surface area (Å²) in [6, 6.07) is 13.8. The lowest BCUT2D eigenvalue weighted by Crippen LogP contribution is -2.23. The molecular weight excluding hydrogens is 492 g/mol. The van der Waals surface area contributed by atoms with Crippen LogP contribution < -0.4 is 15.4 Å². The van der Waals surface area contributed by atoms with E-state index in [2.05, 4.69) is 26.7 Å². The van der Waals surface area contributed by atoms with Crippen molar-refractivity contribution in [3.8, 4) is 33.5 Å². The molecule has 4 aromatic rings. The molecule has 184 valence electrons. The lowest BCUT2D eigenvalue weighted by molar-refractivity contribution is 0.276. The summed E-state index contributed by atoms with van der Waals surface area (Å²) in [5, 5.41) is 25.1. The number of hydrogen-bond acceptors (Lipinski definition) is 10. The van der Waals surface area contributed by atoms with E-state index in [0.29, 0.717) is 31.2 Å². The van der Waals surface area contributed by atoms with Gasteiger partial charge in [-0.25, -0.2) is 9.97 Å². The predicted octanol–water partition coefficient (Wildman–Crippen LogP) is 4.87. The van der Waals surface area contributed by atoms with Crippen molar-refractivity contribution >= 4 is 34.7 Å². The van der Waals surface area contributed by atoms with Gasteiger partial charge >= 0.3 is 0 Å². The lowest BCUT2D eigenvalue weighted by Gasteiger charge is -2.11. The van der Waals surface area contributed by atoms with Crippen LogP contribution in [0.4, 0.5) is 11.6 Å². The number of nitrogens with one attached hydrogen (secondary N) is 2. The predicted molar refractivity (Wildman–Crippen MR) is 145 cm³/mol. The van der Waals surface area contributed by atoms with E-state index < -0.39 is 0 Å². The Kier molecular flexibility index (Phi) is 8.86. The SMILES string of the molecule is CSc1sc(-c2nc(Nc3cccc(OCCNCCO)c3)ncc2C)c(-c2cccnc2)c1C#N. The van der Waals surface area contributed by atoms with Crippen molar-refractivity contribution in [1.82, 2.24) is 20.3 Å². The van der Waals surface area contributed by atoms with Crippen LogP contribution in [0.1, 0.15) is 11.1 Å². The zero-order valence-electron chi connectivity index (χ0n) is 20.0. The highest BCUT2D eigenvalue weighted by atomic mass is 32.2. The van der Waals surface area contributed by atoms with Gasteiger partial charge in [0.15, 0.2) is 0 Å². The number of anilines is 2. The highest BCUT2D eigenvalue weighted by molar-refractivity contribution is 8.00. The van der Waals surface area contributed by atoms with E-state index in [0.717, 1.165) is 42.9 Å². The van der Waals surface area contributed by atoms with E-state index in [4.69, 9.17) is 14.8 Å². The highest BCUT2D eigenvalue weighted by Gasteiger charge is 2.23. The van der Waals surface area contributed by atoms with E-state index in [1.165, 1.54) is 0 Å². The second kappa shape index (κ2) is 12.5. The van der Waals surface area contributed by atoms with Crippen LogP contribution in [0.15, 0.2) is 59.2 Å². The molecule has 3 aromatic heterocycles. The van der Waals surface area contributed by atoms with Crippen molar-refractivity contribution < 1.29 is 9.84 Å². The van der Waals surface area contributed by atoms with Crippen molar-refractivity contribution in [2.45, 2.75) is 11.1 Å². The maximum Gasteiger partial charge on any atom is 0.227 e. The van der Waals surface area contributed by atoms with E-state index in [9.17, 15) is 5.26 Å². The Morgan fingerprint density at radius 3 is 2.83 bits per heavy atom. The Hall–Kier alpha value is -3.49. The molecule has 0 bridgehead atoms. The van der Waals surface area contributed by atoms with E-state index in [1.807, 2.05) is 49.6 Å². The Morgan fingerprint density at radius 2 is 2.08 bits per heavy atom. The Morgan fingerprint density at radius 1 is 1.19 bits per heavy atom. The minimum atomic E-state index is 0.101. The van der Waals surface area contributed by atoms with Gasteiger partial charge in [-0.3, -0.25) is 4.98 Å². The minimum Gasteiger partial charge on any atom is -0.492 e. The quantitative estimate of drug-likeness (QED) is 0.189. The van der Waals surface area contributed by atoms with Crippen molar-refractivity contribution in [2.24, 2.45) is 0 Å². The van der Waals surface area contributed by atoms with Gasteiger partial charge in [0.25, 0.3) is 0 Å². The second-order valence-electron chi connectivity index (χ2n) is 7.73. The number of thioether (sulfide) groups is 1. The van der Waals surface area contributed by atoms with Crippen molar-refractivity contribution in [3.63, 3.8) is 0 Å². The van der Waals surface area contributed by atoms with Crippen LogP contribution in [0, 0.1) is 18.3 Å². The maximum absolute atomic E-state index is 9.95. The van der Waals surface area contributed by atoms with Gasteiger partial charge in [0.05, 0.1) is 27.0 Å². The number of aryl methyl sites for hydroxylation is 1. The summed E-state index contributed by atoms with van der Waals surface area (Å²) >= 11 is 3.11. The number of benzene rings is 1. The molecule has 36 heavy (non-hydrogen) atoms. The first kappa shape index (κ1) is 25.6. The molecule has 0 aliphatic rings. The number of ether oxygens (including phenoxy) is 1. The summed E-state index contributed by atoms with van der Waals surface area (Å²) in [4.78, 5) is 14.5. The molecule has 1 aromatic carbocycles. The number of nitrogens with zero attached hydrogens (tertiary/aromatic N) is 4. The number of thiophene rings is 1. The average molecular weight is 519 g/mol. The fraction of sp³-hybridized carbons (Fsp3) is 0.231. The summed E-state index contributed by atoms with van der Waals surface area (Å²) in [5.41, 5.74) is 4.85. The van der Waals surface area contributed by atoms with Crippen LogP contribution >= 0.6 is 23.1 Å². The van der Waals surface area contributed by atoms with Gasteiger partial charge in [-0.2, -0.15) is 5.26 Å². The van der Waals surface area contributed by atoms with Crippen LogP contribution in [0.25, 0.3) is 21.7 Å². The smallest absolute Gasteiger partial charge is 0.227 e. The molecule has 10 heteroatoms. The van der Waals surface area contributed by atoms with Gasteiger partial charge in [0, 0.05) is 54.6 Å². The summed E-state index contributed by atoms with van der Waals surface area (Å²) in [6.45, 7) is 3.74. The van der Waals surface area contributed by atoms with E-state index in [1.54, 1.807) is 41.7 Å². The van der Waals surface area contributed by atoms with Crippen LogP contribution in [0.2, 0.25) is 0 Å². The van der Waals surface area contributed by atoms with Crippen LogP contribution in [0.5, 0.6) is 5.75 Å². The molecule has 3 heterocycles. The van der Waals surface area contributed by atoms with Gasteiger partial charge in [-0.15, -0.1) is 23.1 Å². The lowest BCUT2D eigenvalue weighted by atomic mass is 10.0. The van der Waals surface area contributed by atoms with Gasteiger partial charge < -0.3 is 20.5 Å². The Bertz CT molecular complexity index is 1350. The topological polar surface area (TPSA) is 116 Å². The summed E-state index contributed by atoms with van der Waals surface area (Å²) in [6.07, 6.45) is 7.26. The van der Waals surface area contributed by atoms with Crippen LogP contribution in [-0.4, -0.2) is 52.6 Å². The number of pyridine rings is 1. The molecule has 0 amide bonds. The molecule has 0 saturated heterocycles. The zero-order valence-corrected chi connectivity index (χ0v) is 21.6. The minimum absolute atomic E-state index is 0.101. The van der Waals surface area contributed by atoms with Gasteiger partial charge in [-0.05, 0) is 36.9 Å². The zero-order chi connectivity index (χ0) is 25.3. The van der Waals surface area contributed by atoms with Gasteiger partial charge in [0.1, 0.15) is 18.4 Å². The molecular formula is C26H26N6O2S2. The molecule has 8 nitrogen and oxygen atoms in total. The number of hydrogen-bond donors (Lipinski definition) is 3. The molecule has 0 atom stereocenters. The van der Waals surface area contributed by atoms with Gasteiger partial charge in [0.2, 0.25) is 5.95 Å². The normalized spacial score (nSPS) is 10.7. The monoisotopic (exact) mass is 518 g/mol. The molecule has 0 spiro atoms. The molecule has 0 aliphatic carbocycles. The third-order valence-electron chi connectivity index (χ3n) is 5.24. The van der Waals surface area contributed by atoms with Crippen molar-refractivity contribution in [1.29, 1.82) is 5.26 Å². The standard InChI is InChI=1S/C26H26N6O2S2/c1-17-15-30-26(31-19-6-3-7-20(13-19)34-12-10-28-9-11-33)32-23(17)24-22(18-5-4-8-29-16-18)21(14-27)25(35-2)36-24/h3-8,13,15-16,28,33H,9-12H2,1-2H3,(H,30,31,32). The largest absolute Gasteiger partial charge is 0.492 e. The summed E-state index contributed by atoms with van der Waals surface area (Å²) < 4.78 is 6.73. The summed E-state index contributed by atoms with van der Waals surface area (Å²) in [7, 11) is 0. The first-order valence-corrected chi connectivity index (χ1v) is 13.4. The molecule has 4 rings (SSSR count). The van der Waals surface area contributed by atoms with Crippen molar-refractivity contribution in [3.05, 3.63) is 66.1 Å². The molecule has 0 radical (unpaired) electrons. The van der Waals surface area contributed by atoms with Crippen molar-refractivity contribution in [2.75, 3.05) is 37.9 Å². The van der Waals surface area contributed by atoms with E-state index >= 15 is 0 Å². The second-order valence-corrected chi connectivity index (χ2v) is 9.82. The number of nitriles is 1. The average Bonchev–Trinajstić information content (AvgIpc) is 3.29. The maximum atomic E-state index is 9.95. The fourth-order valence-electron chi connectivity index (χ4n) is 3.58. The summed E-state index contributed by atoms with van der Waals surface area (Å²) in [5.74, 6) is 1.17. The fourth-order valence-corrected chi connectivity index (χ4v) is 5.57. The number of aliphatic hydroxyl groups excluding tert-OH is 1. The molecule has 3 N–H and O–H groups in total. The third kappa shape index (κ3) is 6.01. The molecule has 0 unspecified atom stereocenters. The highest BCUT2D eigenvalue weighted by Crippen LogP contribution is 2.46. The Labute approximate surface area is 218 Å². The number of aromatic nitrogens is 3. The molecule has 0 aliphatic heterocycles. The molecule has 0 saturated carbocycles.